The van der Waals surface area contributed by atoms with Gasteiger partial charge in [0.2, 0.25) is 0 Å². The van der Waals surface area contributed by atoms with Crippen LogP contribution in [0.2, 0.25) is 0 Å². The molecule has 3 aliphatic heterocycles. The molecule has 3 nitrogen and oxygen atoms in total. The van der Waals surface area contributed by atoms with Crippen LogP contribution in [0.25, 0.3) is 11.1 Å². The Bertz CT molecular complexity index is 4240. The van der Waals surface area contributed by atoms with E-state index < -0.39 is 0 Å². The second kappa shape index (κ2) is 18.2. The van der Waals surface area contributed by atoms with Gasteiger partial charge in [-0.15, -0.1) is 0 Å². The normalized spacial score (nSPS) is 23.2. The summed E-state index contributed by atoms with van der Waals surface area (Å²) in [6.45, 7) is 44.9. The predicted octanol–water partition coefficient (Wildman–Crippen LogP) is 20.4. The van der Waals surface area contributed by atoms with Crippen LogP contribution >= 0.6 is 0 Å². The van der Waals surface area contributed by atoms with Crippen molar-refractivity contribution in [2.24, 2.45) is 0 Å². The van der Waals surface area contributed by atoms with E-state index in [0.717, 1.165) is 25.7 Å². The molecular formula is C83H94BN3. The smallest absolute Gasteiger partial charge is 0.252 e. The average Bonchev–Trinajstić information content (AvgIpc) is 1.47. The van der Waals surface area contributed by atoms with E-state index >= 15 is 0 Å². The summed E-state index contributed by atoms with van der Waals surface area (Å²) >= 11 is 0. The summed E-state index contributed by atoms with van der Waals surface area (Å²) in [5.74, 6) is 0. The van der Waals surface area contributed by atoms with Crippen molar-refractivity contribution in [2.75, 3.05) is 14.7 Å². The Kier molecular flexibility index (Phi) is 11.9. The fourth-order valence-electron chi connectivity index (χ4n) is 18.7. The van der Waals surface area contributed by atoms with Crippen LogP contribution in [0.5, 0.6) is 0 Å². The van der Waals surface area contributed by atoms with Gasteiger partial charge in [-0.2, -0.15) is 0 Å². The van der Waals surface area contributed by atoms with E-state index in [1.165, 1.54) is 160 Å². The van der Waals surface area contributed by atoms with E-state index in [1.54, 1.807) is 0 Å². The Morgan fingerprint density at radius 1 is 0.379 bits per heavy atom. The number of nitrogens with zero attached hydrogens (tertiary/aromatic N) is 3. The fourth-order valence-corrected chi connectivity index (χ4v) is 18.7. The minimum atomic E-state index is -0.269. The van der Waals surface area contributed by atoms with Crippen molar-refractivity contribution < 1.29 is 0 Å². The first-order valence-corrected chi connectivity index (χ1v) is 33.4. The molecule has 1 saturated carbocycles. The van der Waals surface area contributed by atoms with Gasteiger partial charge in [0.25, 0.3) is 6.71 Å². The van der Waals surface area contributed by atoms with Crippen LogP contribution in [-0.4, -0.2) is 12.3 Å². The van der Waals surface area contributed by atoms with Crippen LogP contribution < -0.4 is 31.1 Å². The lowest BCUT2D eigenvalue weighted by atomic mass is 9.32. The van der Waals surface area contributed by atoms with Gasteiger partial charge >= 0.3 is 0 Å². The number of anilines is 8. The second-order valence-corrected chi connectivity index (χ2v) is 33.4. The molecule has 0 bridgehead atoms. The van der Waals surface area contributed by atoms with E-state index in [2.05, 4.69) is 285 Å². The van der Waals surface area contributed by atoms with E-state index in [1.807, 2.05) is 0 Å². The standard InChI is InChI=1S/C83H94BN3/c1-51-42-59-61(78(9,10)40-38-76(59,5)6)48-69(51)86-70-49-62-60(77(7,8)39-41-79(62,11)12)46-65(70)84-66-47-63-64(81(15,16)57-31-23-22-30-56(57)80(63,13)14)50-71(66)85(67-35-34-53(75(2,3)4)43-55(67)52-28-20-19-21-29-52)72-44-54(45-73(86)74(72)84)87-68-33-25-24-32-58(68)82(17)36-26-27-37-83(82,87)18/h19-25,28-35,42-50H,26-27,36-41H2,1-18H3. The summed E-state index contributed by atoms with van der Waals surface area (Å²) in [5.41, 5.74) is 32.3. The van der Waals surface area contributed by atoms with Gasteiger partial charge in [-0.1, -0.05) is 221 Å². The zero-order valence-corrected chi connectivity index (χ0v) is 55.9. The quantitative estimate of drug-likeness (QED) is 0.163. The molecule has 0 radical (unpaired) electrons. The number of fused-ring (bicyclic) bond motifs is 11. The van der Waals surface area contributed by atoms with Crippen LogP contribution in [-0.2, 0) is 43.3 Å². The average molecular weight is 1140 g/mol. The maximum atomic E-state index is 2.87. The second-order valence-electron chi connectivity index (χ2n) is 33.4. The maximum absolute atomic E-state index is 2.87. The highest BCUT2D eigenvalue weighted by atomic mass is 15.3. The number of benzene rings is 8. The van der Waals surface area contributed by atoms with Crippen molar-refractivity contribution >= 4 is 68.6 Å². The zero-order chi connectivity index (χ0) is 61.3. The number of rotatable bonds is 4. The van der Waals surface area contributed by atoms with Gasteiger partial charge in [-0.25, -0.2) is 0 Å². The number of aryl methyl sites for hydroxylation is 1. The Balaban J connectivity index is 1.14. The molecule has 2 atom stereocenters. The lowest BCUT2D eigenvalue weighted by molar-refractivity contribution is 0.195. The molecule has 444 valence electrons. The van der Waals surface area contributed by atoms with Gasteiger partial charge in [-0.3, -0.25) is 0 Å². The predicted molar refractivity (Wildman–Crippen MR) is 373 cm³/mol. The highest BCUT2D eigenvalue weighted by Crippen LogP contribution is 2.63. The first-order chi connectivity index (χ1) is 40.9. The summed E-state index contributed by atoms with van der Waals surface area (Å²) in [6.07, 6.45) is 9.42. The lowest BCUT2D eigenvalue weighted by Crippen LogP contribution is -2.62. The minimum absolute atomic E-state index is 0.00521. The molecule has 1 fully saturated rings. The lowest BCUT2D eigenvalue weighted by Gasteiger charge is -2.52. The third kappa shape index (κ3) is 7.79. The van der Waals surface area contributed by atoms with Crippen LogP contribution in [0, 0.1) is 6.92 Å². The molecule has 7 aliphatic rings. The molecule has 0 spiro atoms. The van der Waals surface area contributed by atoms with Gasteiger partial charge in [0.15, 0.2) is 0 Å². The van der Waals surface area contributed by atoms with Crippen molar-refractivity contribution in [3.63, 3.8) is 0 Å². The molecule has 0 aromatic heterocycles. The Hall–Kier alpha value is -6.78. The summed E-state index contributed by atoms with van der Waals surface area (Å²) < 4.78 is 0. The van der Waals surface area contributed by atoms with E-state index in [4.69, 9.17) is 0 Å². The molecule has 4 heteroatoms. The molecule has 8 aromatic carbocycles. The molecule has 0 saturated heterocycles. The van der Waals surface area contributed by atoms with Crippen molar-refractivity contribution in [3.8, 4) is 11.1 Å². The third-order valence-electron chi connectivity index (χ3n) is 24.7. The largest absolute Gasteiger partial charge is 0.334 e. The number of hydrogen-bond donors (Lipinski definition) is 0. The van der Waals surface area contributed by atoms with E-state index in [0.29, 0.717) is 0 Å². The molecule has 0 amide bonds. The van der Waals surface area contributed by atoms with Crippen LogP contribution in [0.3, 0.4) is 0 Å². The van der Waals surface area contributed by atoms with E-state index in [-0.39, 0.29) is 55.6 Å². The Morgan fingerprint density at radius 3 is 1.41 bits per heavy atom. The molecule has 15 rings (SSSR count). The highest BCUT2D eigenvalue weighted by Gasteiger charge is 2.59. The monoisotopic (exact) mass is 1140 g/mol. The van der Waals surface area contributed by atoms with Crippen LogP contribution in [0.15, 0.2) is 146 Å². The molecule has 3 heterocycles. The van der Waals surface area contributed by atoms with Crippen molar-refractivity contribution in [3.05, 3.63) is 207 Å². The summed E-state index contributed by atoms with van der Waals surface area (Å²) in [4.78, 5) is 8.52. The first kappa shape index (κ1) is 56.7. The number of para-hydroxylation sites is 1. The Morgan fingerprint density at radius 2 is 0.839 bits per heavy atom. The Labute approximate surface area is 523 Å². The molecule has 4 aliphatic carbocycles. The van der Waals surface area contributed by atoms with Crippen molar-refractivity contribution in [1.29, 1.82) is 0 Å². The molecule has 8 aromatic rings. The SMILES string of the molecule is Cc1cc2c(cc1N1c3cc4c(cc3B3c5cc6c(cc5N(c5ccc(C(C)(C)C)cc5-c5ccccc5)c5cc(N7c8ccccc8C8(C)CCCCC78C)cc1c53)C(C)(C)c1ccccc1C6(C)C)C(C)(C)CCC4(C)C)C(C)(C)CCC2(C)C. The van der Waals surface area contributed by atoms with Gasteiger partial charge in [0.05, 0.1) is 11.2 Å². The topological polar surface area (TPSA) is 9.72 Å². The molecular weight excluding hydrogens is 1050 g/mol. The highest BCUT2D eigenvalue weighted by molar-refractivity contribution is 7.00. The summed E-state index contributed by atoms with van der Waals surface area (Å²) in [7, 11) is 0. The first-order valence-electron chi connectivity index (χ1n) is 33.4. The van der Waals surface area contributed by atoms with Crippen molar-refractivity contribution in [1.82, 2.24) is 0 Å². The maximum Gasteiger partial charge on any atom is 0.252 e. The van der Waals surface area contributed by atoms with Crippen LogP contribution in [0.4, 0.5) is 45.5 Å². The third-order valence-corrected chi connectivity index (χ3v) is 24.7. The molecule has 2 unspecified atom stereocenters. The molecule has 87 heavy (non-hydrogen) atoms. The summed E-state index contributed by atoms with van der Waals surface area (Å²) in [5, 5.41) is 0. The van der Waals surface area contributed by atoms with E-state index in [9.17, 15) is 0 Å². The minimum Gasteiger partial charge on any atom is -0.334 e. The van der Waals surface area contributed by atoms with Crippen molar-refractivity contribution in [2.45, 2.75) is 225 Å². The van der Waals surface area contributed by atoms with Gasteiger partial charge in [-0.05, 0) is 211 Å². The van der Waals surface area contributed by atoms with Crippen LogP contribution in [0.1, 0.15) is 230 Å². The molecule has 0 N–H and O–H groups in total. The fraction of sp³-hybridized carbons (Fsp3) is 0.422. The number of hydrogen-bond acceptors (Lipinski definition) is 3. The van der Waals surface area contributed by atoms with Gasteiger partial charge in [0.1, 0.15) is 0 Å². The zero-order valence-electron chi connectivity index (χ0n) is 55.9. The van der Waals surface area contributed by atoms with Gasteiger partial charge in [0, 0.05) is 61.6 Å². The summed E-state index contributed by atoms with van der Waals surface area (Å²) in [6, 6.07) is 59.5. The van der Waals surface area contributed by atoms with Gasteiger partial charge < -0.3 is 14.7 Å².